The van der Waals surface area contributed by atoms with E-state index in [9.17, 15) is 14.3 Å². The minimum Gasteiger partial charge on any atom is -0.778 e. The van der Waals surface area contributed by atoms with Gasteiger partial charge in [0.1, 0.15) is 20.2 Å². The van der Waals surface area contributed by atoms with Crippen LogP contribution in [0.5, 0.6) is 0 Å². The number of carboxylic acids is 1. The molecular weight excluding hydrogens is 389 g/mol. The lowest BCUT2D eigenvalue weighted by molar-refractivity contribution is -0.873. The molecule has 0 aromatic carbocycles. The Morgan fingerprint density at radius 1 is 0.897 bits per heavy atom. The van der Waals surface area contributed by atoms with E-state index in [2.05, 4.69) is 6.92 Å². The lowest BCUT2D eigenvalue weighted by atomic mass is 10.1. The fourth-order valence-electron chi connectivity index (χ4n) is 3.54. The van der Waals surface area contributed by atoms with Gasteiger partial charge in [0.2, 0.25) is 0 Å². The van der Waals surface area contributed by atoms with Crippen LogP contribution in [0.25, 0.3) is 0 Å². The summed E-state index contributed by atoms with van der Waals surface area (Å²) in [5.74, 6) is -1.04. The van der Waals surface area contributed by atoms with Gasteiger partial charge in [0.05, 0.1) is 27.6 Å². The van der Waals surface area contributed by atoms with E-state index < -0.39 is 19.7 Å². The van der Waals surface area contributed by atoms with Gasteiger partial charge in [-0.2, -0.15) is 0 Å². The molecule has 0 aliphatic rings. The molecule has 0 radical (unpaired) electrons. The van der Waals surface area contributed by atoms with Crippen LogP contribution in [0.3, 0.4) is 0 Å². The van der Waals surface area contributed by atoms with Crippen molar-refractivity contribution < 1.29 is 28.4 Å². The van der Waals surface area contributed by atoms with Gasteiger partial charge >= 0.3 is 5.97 Å². The van der Waals surface area contributed by atoms with Crippen LogP contribution in [0, 0.1) is 0 Å². The average Bonchev–Trinajstić information content (AvgIpc) is 2.56. The highest BCUT2D eigenvalue weighted by molar-refractivity contribution is 7.51. The van der Waals surface area contributed by atoms with Gasteiger partial charge in [-0.15, -0.1) is 0 Å². The molecule has 0 rings (SSSR count). The van der Waals surface area contributed by atoms with Gasteiger partial charge in [-0.05, 0) is 6.42 Å². The second kappa shape index (κ2) is 16.3. The number of nitrogens with zero attached hydrogens (tertiary/aromatic N) is 1. The van der Waals surface area contributed by atoms with Crippen molar-refractivity contribution in [3.8, 4) is 0 Å². The Balaban J connectivity index is 3.82. The zero-order valence-corrected chi connectivity index (χ0v) is 20.3. The first-order valence-corrected chi connectivity index (χ1v) is 13.3. The lowest BCUT2D eigenvalue weighted by Crippen LogP contribution is -2.43. The number of carboxylic acid groups (broad SMARTS) is 1. The summed E-state index contributed by atoms with van der Waals surface area (Å²) in [5, 5.41) is 9.00. The topological polar surface area (TPSA) is 86.7 Å². The third-order valence-electron chi connectivity index (χ3n) is 5.00. The largest absolute Gasteiger partial charge is 0.778 e. The van der Waals surface area contributed by atoms with E-state index in [-0.39, 0.29) is 12.6 Å². The first kappa shape index (κ1) is 28.6. The summed E-state index contributed by atoms with van der Waals surface area (Å²) < 4.78 is 17.9. The number of rotatable bonds is 20. The fraction of sp³-hybridized carbons (Fsp3) is 0.955. The number of hydrogen-bond acceptors (Lipinski definition) is 4. The van der Waals surface area contributed by atoms with Crippen molar-refractivity contribution in [2.75, 3.05) is 33.8 Å². The van der Waals surface area contributed by atoms with Gasteiger partial charge in [0.15, 0.2) is 0 Å². The van der Waals surface area contributed by atoms with Crippen molar-refractivity contribution in [3.05, 3.63) is 0 Å². The summed E-state index contributed by atoms with van der Waals surface area (Å²) >= 11 is 0. The van der Waals surface area contributed by atoms with Crippen molar-refractivity contribution in [2.24, 2.45) is 0 Å². The Morgan fingerprint density at radius 2 is 1.31 bits per heavy atom. The lowest BCUT2D eigenvalue weighted by Gasteiger charge is -2.33. The zero-order chi connectivity index (χ0) is 22.2. The molecule has 0 saturated carbocycles. The van der Waals surface area contributed by atoms with Crippen LogP contribution in [0.1, 0.15) is 96.8 Å². The molecule has 1 unspecified atom stereocenters. The second-order valence-corrected chi connectivity index (χ2v) is 11.3. The van der Waals surface area contributed by atoms with E-state index in [4.69, 9.17) is 9.63 Å². The number of hydrogen-bond donors (Lipinski definition) is 1. The number of likely N-dealkylation sites (N-methyl/N-ethyl adjacent to an activating group) is 1. The molecule has 0 aliphatic carbocycles. The third kappa shape index (κ3) is 20.6. The van der Waals surface area contributed by atoms with Crippen molar-refractivity contribution in [1.29, 1.82) is 0 Å². The van der Waals surface area contributed by atoms with Crippen molar-refractivity contribution >= 4 is 13.6 Å². The van der Waals surface area contributed by atoms with Gasteiger partial charge in [-0.1, -0.05) is 84.0 Å². The van der Waals surface area contributed by atoms with Crippen LogP contribution in [0.4, 0.5) is 0 Å². The van der Waals surface area contributed by atoms with Crippen molar-refractivity contribution in [3.63, 3.8) is 0 Å². The van der Waals surface area contributed by atoms with E-state index in [1.165, 1.54) is 57.8 Å². The standard InChI is InChI=1S/C22H46NO5P/c1-5-6-7-8-9-10-11-12-13-14-15-16-17-18-29(26,27)28-21(19-22(24)25)20-23(2,3)4/h21H,5-20H2,1-4H3,(H-,24,25,26,27)/t21-/m0/s1. The molecule has 6 nitrogen and oxygen atoms in total. The average molecular weight is 436 g/mol. The minimum absolute atomic E-state index is 0.00196. The summed E-state index contributed by atoms with van der Waals surface area (Å²) in [6.07, 6.45) is 14.5. The molecule has 1 N–H and O–H groups in total. The van der Waals surface area contributed by atoms with E-state index >= 15 is 0 Å². The predicted molar refractivity (Wildman–Crippen MR) is 118 cm³/mol. The molecule has 0 bridgehead atoms. The molecule has 0 aromatic rings. The van der Waals surface area contributed by atoms with Crippen LogP contribution in [0.2, 0.25) is 0 Å². The first-order chi connectivity index (χ1) is 13.6. The summed E-state index contributed by atoms with van der Waals surface area (Å²) in [5.41, 5.74) is 0. The zero-order valence-electron chi connectivity index (χ0n) is 19.4. The minimum atomic E-state index is -4.00. The fourth-order valence-corrected chi connectivity index (χ4v) is 4.86. The number of quaternary nitrogens is 1. The number of aliphatic carboxylic acids is 1. The van der Waals surface area contributed by atoms with Gasteiger partial charge in [-0.3, -0.25) is 4.79 Å². The summed E-state index contributed by atoms with van der Waals surface area (Å²) in [6, 6.07) is 0. The second-order valence-electron chi connectivity index (χ2n) is 9.38. The van der Waals surface area contributed by atoms with Crippen LogP contribution >= 0.6 is 7.60 Å². The Morgan fingerprint density at radius 3 is 1.69 bits per heavy atom. The van der Waals surface area contributed by atoms with Gasteiger partial charge in [0.25, 0.3) is 0 Å². The van der Waals surface area contributed by atoms with Crippen molar-refractivity contribution in [1.82, 2.24) is 0 Å². The highest BCUT2D eigenvalue weighted by Crippen LogP contribution is 2.40. The van der Waals surface area contributed by atoms with Gasteiger partial charge in [0, 0.05) is 6.16 Å². The van der Waals surface area contributed by atoms with E-state index in [0.717, 1.165) is 19.3 Å². The molecule has 174 valence electrons. The summed E-state index contributed by atoms with van der Waals surface area (Å²) in [4.78, 5) is 23.2. The highest BCUT2D eigenvalue weighted by atomic mass is 31.2. The monoisotopic (exact) mass is 435 g/mol. The molecule has 2 atom stereocenters. The Hall–Kier alpha value is -0.420. The number of carbonyl (C=O) groups is 1. The Bertz CT molecular complexity index is 465. The SMILES string of the molecule is CCCCCCCCCCCCCCCP(=O)([O-])O[C@@H](CC(=O)O)C[N+](C)(C)C. The Labute approximate surface area is 179 Å². The van der Waals surface area contributed by atoms with E-state index in [1.54, 1.807) is 0 Å². The van der Waals surface area contributed by atoms with Gasteiger partial charge in [-0.25, -0.2) is 0 Å². The molecule has 0 saturated heterocycles. The molecule has 0 spiro atoms. The van der Waals surface area contributed by atoms with E-state index in [0.29, 0.717) is 17.4 Å². The molecule has 29 heavy (non-hydrogen) atoms. The molecule has 7 heteroatoms. The smallest absolute Gasteiger partial charge is 0.306 e. The van der Waals surface area contributed by atoms with E-state index in [1.807, 2.05) is 21.1 Å². The molecule has 0 fully saturated rings. The molecule has 0 aliphatic heterocycles. The third-order valence-corrected chi connectivity index (χ3v) is 6.48. The Kier molecular flexibility index (Phi) is 16.1. The molecule has 0 heterocycles. The molecule has 0 aromatic heterocycles. The van der Waals surface area contributed by atoms with Crippen LogP contribution in [-0.4, -0.2) is 55.5 Å². The predicted octanol–water partition coefficient (Wildman–Crippen LogP) is 5.20. The first-order valence-electron chi connectivity index (χ1n) is 11.6. The maximum absolute atomic E-state index is 12.2. The number of unbranched alkanes of at least 4 members (excludes halogenated alkanes) is 12. The summed E-state index contributed by atoms with van der Waals surface area (Å²) in [7, 11) is 1.67. The summed E-state index contributed by atoms with van der Waals surface area (Å²) in [6.45, 7) is 2.59. The van der Waals surface area contributed by atoms with Crippen molar-refractivity contribution in [2.45, 2.75) is 103 Å². The normalized spacial score (nSPS) is 15.2. The van der Waals surface area contributed by atoms with Crippen LogP contribution in [-0.2, 0) is 13.9 Å². The van der Waals surface area contributed by atoms with Crippen LogP contribution in [0.15, 0.2) is 0 Å². The highest BCUT2D eigenvalue weighted by Gasteiger charge is 2.25. The van der Waals surface area contributed by atoms with Crippen LogP contribution < -0.4 is 4.89 Å². The molecule has 0 amide bonds. The quantitative estimate of drug-likeness (QED) is 0.161. The maximum Gasteiger partial charge on any atom is 0.306 e. The maximum atomic E-state index is 12.2. The van der Waals surface area contributed by atoms with Gasteiger partial charge < -0.3 is 23.6 Å². The molecular formula is C22H46NO5P.